The topological polar surface area (TPSA) is 48.5 Å². The van der Waals surface area contributed by atoms with Gasteiger partial charge in [-0.05, 0) is 108 Å². The third-order valence-corrected chi connectivity index (χ3v) is 13.0. The molecule has 2 heterocycles. The van der Waals surface area contributed by atoms with Crippen LogP contribution in [0.15, 0.2) is 160 Å². The highest BCUT2D eigenvalue weighted by molar-refractivity contribution is 5.99. The van der Waals surface area contributed by atoms with Crippen molar-refractivity contribution in [2.24, 2.45) is 40.5 Å². The molecule has 0 bridgehead atoms. The summed E-state index contributed by atoms with van der Waals surface area (Å²) in [6.07, 6.45) is 34.5. The minimum absolute atomic E-state index is 0.0111. The van der Waals surface area contributed by atoms with Crippen LogP contribution in [0, 0.1) is 35.5 Å². The Morgan fingerprint density at radius 2 is 1.58 bits per heavy atom. The fourth-order valence-electron chi connectivity index (χ4n) is 9.93. The molecule has 0 spiro atoms. The minimum atomic E-state index is -0.0738. The van der Waals surface area contributed by atoms with Crippen molar-refractivity contribution in [2.45, 2.75) is 83.2 Å². The van der Waals surface area contributed by atoms with Gasteiger partial charge in [0.2, 0.25) is 0 Å². The Bertz CT molecular complexity index is 1920. The number of fused-ring (bicyclic) bond motifs is 3. The maximum atomic E-state index is 5.48. The van der Waals surface area contributed by atoms with Gasteiger partial charge in [0.05, 0.1) is 0 Å². The maximum Gasteiger partial charge on any atom is 0.127 e. The lowest BCUT2D eigenvalue weighted by Crippen LogP contribution is -2.50. The van der Waals surface area contributed by atoms with Gasteiger partial charge in [-0.25, -0.2) is 4.99 Å². The molecule has 52 heavy (non-hydrogen) atoms. The molecule has 0 saturated carbocycles. The summed E-state index contributed by atoms with van der Waals surface area (Å²) in [6, 6.07) is 22.7. The van der Waals surface area contributed by atoms with E-state index in [1.165, 1.54) is 52.7 Å². The molecule has 5 aliphatic carbocycles. The lowest BCUT2D eigenvalue weighted by atomic mass is 9.67. The molecule has 0 aromatic heterocycles. The first kappa shape index (κ1) is 33.6. The number of nitrogens with one attached hydrogen (secondary N) is 3. The van der Waals surface area contributed by atoms with Crippen LogP contribution in [0.3, 0.4) is 0 Å². The molecule has 266 valence electrons. The largest absolute Gasteiger partial charge is 0.351 e. The zero-order valence-electron chi connectivity index (χ0n) is 30.8. The van der Waals surface area contributed by atoms with Gasteiger partial charge in [-0.3, -0.25) is 5.32 Å². The summed E-state index contributed by atoms with van der Waals surface area (Å²) < 4.78 is 0. The molecule has 7 aliphatic rings. The molecule has 1 fully saturated rings. The van der Waals surface area contributed by atoms with E-state index in [1.54, 1.807) is 5.57 Å². The Morgan fingerprint density at radius 1 is 0.769 bits per heavy atom. The third kappa shape index (κ3) is 6.72. The van der Waals surface area contributed by atoms with E-state index in [1.807, 2.05) is 0 Å². The van der Waals surface area contributed by atoms with E-state index in [0.717, 1.165) is 37.4 Å². The van der Waals surface area contributed by atoms with Crippen molar-refractivity contribution in [2.75, 3.05) is 0 Å². The summed E-state index contributed by atoms with van der Waals surface area (Å²) in [7, 11) is 0. The first-order chi connectivity index (χ1) is 25.6. The quantitative estimate of drug-likeness (QED) is 0.284. The number of allylic oxidation sites excluding steroid dienone is 13. The summed E-state index contributed by atoms with van der Waals surface area (Å²) in [6.45, 7) is 4.79. The number of rotatable bonds is 6. The van der Waals surface area contributed by atoms with Crippen LogP contribution in [0.25, 0.3) is 0 Å². The monoisotopic (exact) mass is 686 g/mol. The predicted octanol–water partition coefficient (Wildman–Crippen LogP) is 10.2. The van der Waals surface area contributed by atoms with Crippen molar-refractivity contribution in [3.8, 4) is 0 Å². The van der Waals surface area contributed by atoms with Crippen LogP contribution >= 0.6 is 0 Å². The number of amidine groups is 1. The van der Waals surface area contributed by atoms with Gasteiger partial charge in [-0.1, -0.05) is 141 Å². The summed E-state index contributed by atoms with van der Waals surface area (Å²) in [5.74, 6) is 4.20. The maximum absolute atomic E-state index is 5.48. The van der Waals surface area contributed by atoms with Crippen LogP contribution in [-0.4, -0.2) is 18.0 Å². The first-order valence-corrected chi connectivity index (χ1v) is 20.1. The molecule has 9 unspecified atom stereocenters. The number of nitrogens with zero attached hydrogens (tertiary/aromatic N) is 1. The number of hydrogen-bond acceptors (Lipinski definition) is 4. The van der Waals surface area contributed by atoms with E-state index in [0.29, 0.717) is 41.7 Å². The van der Waals surface area contributed by atoms with Crippen LogP contribution in [0.4, 0.5) is 0 Å². The molecule has 0 amide bonds. The Kier molecular flexibility index (Phi) is 9.45. The van der Waals surface area contributed by atoms with Crippen LogP contribution in [0.5, 0.6) is 0 Å². The van der Waals surface area contributed by atoms with Gasteiger partial charge in [0, 0.05) is 23.9 Å². The van der Waals surface area contributed by atoms with Crippen LogP contribution < -0.4 is 16.0 Å². The zero-order chi connectivity index (χ0) is 35.0. The summed E-state index contributed by atoms with van der Waals surface area (Å²) in [5.41, 5.74) is 9.97. The smallest absolute Gasteiger partial charge is 0.127 e. The lowest BCUT2D eigenvalue weighted by Gasteiger charge is -2.43. The average molecular weight is 687 g/mol. The molecular formula is C48H54N4. The second-order valence-corrected chi connectivity index (χ2v) is 16.4. The van der Waals surface area contributed by atoms with Crippen LogP contribution in [0.2, 0.25) is 0 Å². The van der Waals surface area contributed by atoms with E-state index >= 15 is 0 Å². The van der Waals surface area contributed by atoms with E-state index in [4.69, 9.17) is 4.99 Å². The summed E-state index contributed by atoms with van der Waals surface area (Å²) >= 11 is 0. The molecule has 2 aromatic carbocycles. The molecular weight excluding hydrogens is 633 g/mol. The second kappa shape index (κ2) is 14.6. The lowest BCUT2D eigenvalue weighted by molar-refractivity contribution is 0.248. The number of aliphatic imine (C=N–C) groups is 1. The van der Waals surface area contributed by atoms with E-state index < -0.39 is 0 Å². The van der Waals surface area contributed by atoms with Crippen molar-refractivity contribution in [3.05, 3.63) is 166 Å². The van der Waals surface area contributed by atoms with Crippen molar-refractivity contribution in [1.82, 2.24) is 16.0 Å². The van der Waals surface area contributed by atoms with Crippen molar-refractivity contribution in [3.63, 3.8) is 0 Å². The van der Waals surface area contributed by atoms with Gasteiger partial charge >= 0.3 is 0 Å². The van der Waals surface area contributed by atoms with Gasteiger partial charge in [-0.15, -0.1) is 0 Å². The van der Waals surface area contributed by atoms with Gasteiger partial charge < -0.3 is 10.6 Å². The highest BCUT2D eigenvalue weighted by Crippen LogP contribution is 2.47. The number of hydrogen-bond donors (Lipinski definition) is 3. The molecule has 9 rings (SSSR count). The molecule has 4 heteroatoms. The standard InChI is InChI=1S/C48H54N4/c1-31-17-20-36(21-18-31)47-50-46(35-14-7-4-8-15-35)51-48(52-47)39-25-27-42(44-28-19-32(2)45(49-44)34-12-5-3-6-13-34)43(30-39)38-24-26-41-37(29-38)23-22-33-11-9-10-16-40(33)41/h3-16,20,22-23,25-27,29,31-33,38,40,43-46,48-49,51H,17-19,21,24,28,30H2,1-2H3,(H,50,52)/t31-,32?,33?,38?,40?,43?,44?,45?,46?,48?/m0/s1. The molecule has 2 aliphatic heterocycles. The molecule has 0 radical (unpaired) electrons. The van der Waals surface area contributed by atoms with Gasteiger partial charge in [0.25, 0.3) is 0 Å². The highest BCUT2D eigenvalue weighted by Gasteiger charge is 2.39. The van der Waals surface area contributed by atoms with E-state index in [2.05, 4.69) is 157 Å². The second-order valence-electron chi connectivity index (χ2n) is 16.4. The Hall–Kier alpha value is -4.25. The number of piperidine rings is 1. The van der Waals surface area contributed by atoms with Gasteiger partial charge in [0.15, 0.2) is 0 Å². The fourth-order valence-corrected chi connectivity index (χ4v) is 9.93. The summed E-state index contributed by atoms with van der Waals surface area (Å²) in [4.78, 5) is 5.48. The Balaban J connectivity index is 1.07. The SMILES string of the molecule is CC1CCC(C2=CC=C(C3N=C(C4=CC[C@H](C)CC4)NC(c4ccccc4)N3)CC2C2C=C3C=CC4C=CC=CC4C3=CC2)NC1c1ccccc1. The average Bonchev–Trinajstić information content (AvgIpc) is 3.21. The van der Waals surface area contributed by atoms with Crippen molar-refractivity contribution in [1.29, 1.82) is 0 Å². The Labute approximate surface area is 311 Å². The molecule has 1 saturated heterocycles. The summed E-state index contributed by atoms with van der Waals surface area (Å²) in [5, 5.41) is 12.0. The normalized spacial score (nSPS) is 35.4. The molecule has 2 aromatic rings. The Morgan fingerprint density at radius 3 is 2.38 bits per heavy atom. The van der Waals surface area contributed by atoms with Gasteiger partial charge in [-0.2, -0.15) is 0 Å². The van der Waals surface area contributed by atoms with E-state index in [9.17, 15) is 0 Å². The first-order valence-electron chi connectivity index (χ1n) is 20.1. The predicted molar refractivity (Wildman–Crippen MR) is 215 cm³/mol. The third-order valence-electron chi connectivity index (χ3n) is 13.0. The van der Waals surface area contributed by atoms with Crippen molar-refractivity contribution < 1.29 is 0 Å². The molecule has 4 nitrogen and oxygen atoms in total. The van der Waals surface area contributed by atoms with Gasteiger partial charge in [0.1, 0.15) is 18.2 Å². The number of benzene rings is 2. The minimum Gasteiger partial charge on any atom is -0.351 e. The van der Waals surface area contributed by atoms with E-state index in [-0.39, 0.29) is 12.3 Å². The molecule has 3 N–H and O–H groups in total. The van der Waals surface area contributed by atoms with Crippen LogP contribution in [0.1, 0.15) is 82.1 Å². The van der Waals surface area contributed by atoms with Crippen LogP contribution in [-0.2, 0) is 0 Å². The van der Waals surface area contributed by atoms with Crippen molar-refractivity contribution >= 4 is 5.84 Å². The fraction of sp³-hybridized carbons (Fsp3) is 0.396. The highest BCUT2D eigenvalue weighted by atomic mass is 15.3. The zero-order valence-corrected chi connectivity index (χ0v) is 30.8. The molecule has 10 atom stereocenters.